The van der Waals surface area contributed by atoms with Crippen LogP contribution in [0, 0.1) is 6.92 Å². The molecule has 7 nitrogen and oxygen atoms in total. The van der Waals surface area contributed by atoms with E-state index < -0.39 is 0 Å². The lowest BCUT2D eigenvalue weighted by Gasteiger charge is -2.32. The van der Waals surface area contributed by atoms with Crippen molar-refractivity contribution in [2.75, 3.05) is 13.1 Å². The molecule has 0 bridgehead atoms. The summed E-state index contributed by atoms with van der Waals surface area (Å²) in [6.45, 7) is 3.71. The van der Waals surface area contributed by atoms with Crippen molar-refractivity contribution in [1.29, 1.82) is 0 Å². The van der Waals surface area contributed by atoms with Gasteiger partial charge in [0.25, 0.3) is 0 Å². The number of benzene rings is 1. The summed E-state index contributed by atoms with van der Waals surface area (Å²) < 4.78 is 0. The van der Waals surface area contributed by atoms with Crippen molar-refractivity contribution in [2.24, 2.45) is 0 Å². The van der Waals surface area contributed by atoms with Gasteiger partial charge in [-0.15, -0.1) is 0 Å². The van der Waals surface area contributed by atoms with Gasteiger partial charge in [-0.1, -0.05) is 6.07 Å². The van der Waals surface area contributed by atoms with Crippen LogP contribution in [0.2, 0.25) is 0 Å². The van der Waals surface area contributed by atoms with E-state index in [-0.39, 0.29) is 5.91 Å². The second-order valence-corrected chi connectivity index (χ2v) is 7.49. The molecule has 4 rings (SSSR count). The topological polar surface area (TPSA) is 90.6 Å². The number of rotatable bonds is 6. The Bertz CT molecular complexity index is 900. The van der Waals surface area contributed by atoms with E-state index >= 15 is 0 Å². The van der Waals surface area contributed by atoms with Gasteiger partial charge < -0.3 is 9.88 Å². The van der Waals surface area contributed by atoms with Crippen molar-refractivity contribution in [1.82, 2.24) is 30.3 Å². The maximum atomic E-state index is 12.6. The van der Waals surface area contributed by atoms with Crippen LogP contribution in [0.5, 0.6) is 0 Å². The number of nitrogens with one attached hydrogen (secondary N) is 2. The Labute approximate surface area is 158 Å². The van der Waals surface area contributed by atoms with Gasteiger partial charge in [0.05, 0.1) is 22.9 Å². The van der Waals surface area contributed by atoms with Gasteiger partial charge in [0.15, 0.2) is 0 Å². The molecule has 1 aliphatic heterocycles. The lowest BCUT2D eigenvalue weighted by atomic mass is 9.97. The molecule has 1 aliphatic rings. The second-order valence-electron chi connectivity index (χ2n) is 7.49. The van der Waals surface area contributed by atoms with E-state index in [0.29, 0.717) is 12.3 Å². The molecule has 1 aromatic carbocycles. The van der Waals surface area contributed by atoms with Crippen LogP contribution in [-0.2, 0) is 11.2 Å². The summed E-state index contributed by atoms with van der Waals surface area (Å²) in [6, 6.07) is 6.28. The quantitative estimate of drug-likeness (QED) is 0.656. The fourth-order valence-electron chi connectivity index (χ4n) is 3.85. The highest BCUT2D eigenvalue weighted by Crippen LogP contribution is 2.27. The molecular formula is C20H26N6O. The third kappa shape index (κ3) is 4.18. The first-order valence-corrected chi connectivity index (χ1v) is 9.78. The number of likely N-dealkylation sites (tertiary alicyclic amines) is 1. The number of aryl methyl sites for hydroxylation is 2. The Balaban J connectivity index is 1.32. The van der Waals surface area contributed by atoms with Crippen LogP contribution in [0.15, 0.2) is 24.4 Å². The normalized spacial score (nSPS) is 17.5. The molecule has 27 heavy (non-hydrogen) atoms. The lowest BCUT2D eigenvalue weighted by molar-refractivity contribution is -0.132. The van der Waals surface area contributed by atoms with Crippen LogP contribution in [0.25, 0.3) is 11.0 Å². The van der Waals surface area contributed by atoms with Gasteiger partial charge >= 0.3 is 0 Å². The summed E-state index contributed by atoms with van der Waals surface area (Å²) in [5.74, 6) is 1.57. The van der Waals surface area contributed by atoms with Crippen molar-refractivity contribution in [3.63, 3.8) is 0 Å². The number of hydrogen-bond donors (Lipinski definition) is 2. The molecule has 0 radical (unpaired) electrons. The highest BCUT2D eigenvalue weighted by Gasteiger charge is 2.26. The van der Waals surface area contributed by atoms with Crippen LogP contribution in [0.4, 0.5) is 0 Å². The molecule has 1 saturated heterocycles. The molecule has 2 aromatic heterocycles. The summed E-state index contributed by atoms with van der Waals surface area (Å²) in [5, 5.41) is 10.5. The van der Waals surface area contributed by atoms with Crippen molar-refractivity contribution >= 4 is 16.9 Å². The summed E-state index contributed by atoms with van der Waals surface area (Å²) in [4.78, 5) is 22.9. The molecule has 0 saturated carbocycles. The minimum absolute atomic E-state index is 0.256. The molecule has 3 heterocycles. The number of carbonyl (C=O) groups is 1. The lowest BCUT2D eigenvalue weighted by Crippen LogP contribution is -2.39. The molecule has 1 atom stereocenters. The van der Waals surface area contributed by atoms with Crippen molar-refractivity contribution in [3.05, 3.63) is 41.5 Å². The van der Waals surface area contributed by atoms with E-state index in [1.54, 1.807) is 6.20 Å². The SMILES string of the molecule is Cc1ccc2nc(C3CCCN(C(=O)CCCCc4cn[nH]n4)C3)[nH]c2c1. The molecule has 0 spiro atoms. The zero-order chi connectivity index (χ0) is 18.6. The molecule has 1 fully saturated rings. The summed E-state index contributed by atoms with van der Waals surface area (Å²) in [6.07, 6.45) is 7.16. The second kappa shape index (κ2) is 7.90. The molecule has 0 aliphatic carbocycles. The highest BCUT2D eigenvalue weighted by molar-refractivity contribution is 5.77. The zero-order valence-corrected chi connectivity index (χ0v) is 15.7. The van der Waals surface area contributed by atoms with Gasteiger partial charge in [-0.2, -0.15) is 15.4 Å². The number of aromatic nitrogens is 5. The largest absolute Gasteiger partial charge is 0.342 e. The van der Waals surface area contributed by atoms with Gasteiger partial charge in [-0.05, 0) is 56.7 Å². The van der Waals surface area contributed by atoms with E-state index in [4.69, 9.17) is 4.98 Å². The van der Waals surface area contributed by atoms with Crippen molar-refractivity contribution < 1.29 is 4.79 Å². The van der Waals surface area contributed by atoms with Crippen LogP contribution in [0.3, 0.4) is 0 Å². The Morgan fingerprint density at radius 3 is 3.11 bits per heavy atom. The minimum atomic E-state index is 0.256. The maximum Gasteiger partial charge on any atom is 0.222 e. The number of fused-ring (bicyclic) bond motifs is 1. The van der Waals surface area contributed by atoms with Gasteiger partial charge in [-0.25, -0.2) is 4.98 Å². The molecule has 2 N–H and O–H groups in total. The number of carbonyl (C=O) groups excluding carboxylic acids is 1. The predicted octanol–water partition coefficient (Wildman–Crippen LogP) is 3.11. The standard InChI is InChI=1S/C20H26N6O/c1-14-8-9-17-18(11-14)23-20(22-17)15-5-4-10-26(13-15)19(27)7-3-2-6-16-12-21-25-24-16/h8-9,11-12,15H,2-7,10,13H2,1H3,(H,22,23)(H,21,24,25). The Morgan fingerprint density at radius 2 is 2.26 bits per heavy atom. The van der Waals surface area contributed by atoms with Crippen molar-refractivity contribution in [2.45, 2.75) is 51.4 Å². The highest BCUT2D eigenvalue weighted by atomic mass is 16.2. The Kier molecular flexibility index (Phi) is 5.18. The first-order valence-electron chi connectivity index (χ1n) is 9.78. The number of nitrogens with zero attached hydrogens (tertiary/aromatic N) is 4. The number of H-pyrrole nitrogens is 2. The fraction of sp³-hybridized carbons (Fsp3) is 0.500. The number of piperidine rings is 1. The maximum absolute atomic E-state index is 12.6. The van der Waals surface area contributed by atoms with E-state index in [1.807, 2.05) is 4.90 Å². The Hall–Kier alpha value is -2.70. The fourth-order valence-corrected chi connectivity index (χ4v) is 3.85. The van der Waals surface area contributed by atoms with E-state index in [9.17, 15) is 4.79 Å². The molecule has 3 aromatic rings. The third-order valence-corrected chi connectivity index (χ3v) is 5.35. The number of imidazole rings is 1. The van der Waals surface area contributed by atoms with Crippen LogP contribution < -0.4 is 0 Å². The average Bonchev–Trinajstić information content (AvgIpc) is 3.34. The van der Waals surface area contributed by atoms with Gasteiger partial charge in [0.1, 0.15) is 5.82 Å². The minimum Gasteiger partial charge on any atom is -0.342 e. The zero-order valence-electron chi connectivity index (χ0n) is 15.7. The molecular weight excluding hydrogens is 340 g/mol. The van der Waals surface area contributed by atoms with Gasteiger partial charge in [0, 0.05) is 25.4 Å². The van der Waals surface area contributed by atoms with E-state index in [0.717, 1.165) is 67.7 Å². The number of hydrogen-bond acceptors (Lipinski definition) is 4. The average molecular weight is 366 g/mol. The molecule has 1 unspecified atom stereocenters. The summed E-state index contributed by atoms with van der Waals surface area (Å²) >= 11 is 0. The van der Waals surface area contributed by atoms with Crippen LogP contribution in [0.1, 0.15) is 55.1 Å². The number of aromatic amines is 2. The van der Waals surface area contributed by atoms with Crippen molar-refractivity contribution in [3.8, 4) is 0 Å². The first kappa shape index (κ1) is 17.7. The monoisotopic (exact) mass is 366 g/mol. The van der Waals surface area contributed by atoms with E-state index in [2.05, 4.69) is 45.5 Å². The smallest absolute Gasteiger partial charge is 0.222 e. The first-order chi connectivity index (χ1) is 13.2. The molecule has 142 valence electrons. The van der Waals surface area contributed by atoms with Crippen LogP contribution >= 0.6 is 0 Å². The predicted molar refractivity (Wildman–Crippen MR) is 103 cm³/mol. The molecule has 1 amide bonds. The Morgan fingerprint density at radius 1 is 1.33 bits per heavy atom. The number of amides is 1. The molecule has 7 heteroatoms. The summed E-state index contributed by atoms with van der Waals surface area (Å²) in [5.41, 5.74) is 4.28. The summed E-state index contributed by atoms with van der Waals surface area (Å²) in [7, 11) is 0. The number of unbranched alkanes of at least 4 members (excludes halogenated alkanes) is 1. The third-order valence-electron chi connectivity index (χ3n) is 5.35. The van der Waals surface area contributed by atoms with Gasteiger partial charge in [-0.3, -0.25) is 4.79 Å². The van der Waals surface area contributed by atoms with Crippen LogP contribution in [-0.4, -0.2) is 49.3 Å². The van der Waals surface area contributed by atoms with Gasteiger partial charge in [0.2, 0.25) is 5.91 Å². The van der Waals surface area contributed by atoms with E-state index in [1.165, 1.54) is 5.56 Å².